The van der Waals surface area contributed by atoms with Gasteiger partial charge in [0.1, 0.15) is 34.8 Å². The third kappa shape index (κ3) is 4.42. The van der Waals surface area contributed by atoms with E-state index in [0.717, 1.165) is 5.56 Å². The maximum absolute atomic E-state index is 13.8. The van der Waals surface area contributed by atoms with Crippen molar-refractivity contribution in [2.45, 2.75) is 13.5 Å². The Morgan fingerprint density at radius 2 is 1.60 bits per heavy atom. The number of nitrogens with one attached hydrogen (secondary N) is 2. The molecule has 0 atom stereocenters. The minimum absolute atomic E-state index is 0.246. The minimum atomic E-state index is -0.688. The molecule has 128 valence electrons. The second-order valence-corrected chi connectivity index (χ2v) is 5.82. The number of benzene rings is 2. The van der Waals surface area contributed by atoms with Gasteiger partial charge in [-0.1, -0.05) is 29.8 Å². The lowest BCUT2D eigenvalue weighted by atomic mass is 10.2. The van der Waals surface area contributed by atoms with Gasteiger partial charge in [0.25, 0.3) is 0 Å². The van der Waals surface area contributed by atoms with Crippen molar-refractivity contribution in [3.05, 3.63) is 76.6 Å². The van der Waals surface area contributed by atoms with Crippen molar-refractivity contribution in [1.29, 1.82) is 0 Å². The van der Waals surface area contributed by atoms with Crippen LogP contribution in [0.3, 0.4) is 0 Å². The van der Waals surface area contributed by atoms with Gasteiger partial charge >= 0.3 is 0 Å². The van der Waals surface area contributed by atoms with E-state index < -0.39 is 11.6 Å². The topological polar surface area (TPSA) is 49.8 Å². The highest BCUT2D eigenvalue weighted by Gasteiger charge is 2.10. The van der Waals surface area contributed by atoms with E-state index in [9.17, 15) is 8.78 Å². The minimum Gasteiger partial charge on any atom is -0.366 e. The molecule has 7 heteroatoms. The number of anilines is 3. The van der Waals surface area contributed by atoms with Crippen molar-refractivity contribution in [3.8, 4) is 0 Å². The number of para-hydroxylation sites is 1. The fourth-order valence-corrected chi connectivity index (χ4v) is 2.39. The maximum Gasteiger partial charge on any atom is 0.149 e. The summed E-state index contributed by atoms with van der Waals surface area (Å²) in [6.07, 6.45) is 0. The number of hydrogen-bond donors (Lipinski definition) is 2. The Bertz CT molecular complexity index is 864. The summed E-state index contributed by atoms with van der Waals surface area (Å²) in [6.45, 7) is 2.23. The molecular weight excluding hydrogens is 346 g/mol. The van der Waals surface area contributed by atoms with Gasteiger partial charge in [-0.15, -0.1) is 0 Å². The summed E-state index contributed by atoms with van der Waals surface area (Å²) in [5.74, 6) is -0.0592. The Morgan fingerprint density at radius 1 is 0.960 bits per heavy atom. The predicted molar refractivity (Wildman–Crippen MR) is 95.2 cm³/mol. The van der Waals surface area contributed by atoms with Crippen molar-refractivity contribution < 1.29 is 8.78 Å². The summed E-state index contributed by atoms with van der Waals surface area (Å²) in [5, 5.41) is 6.49. The molecule has 0 saturated carbocycles. The van der Waals surface area contributed by atoms with Crippen LogP contribution in [0.15, 0.2) is 48.5 Å². The highest BCUT2D eigenvalue weighted by atomic mass is 35.5. The zero-order valence-electron chi connectivity index (χ0n) is 13.4. The van der Waals surface area contributed by atoms with Gasteiger partial charge in [0.15, 0.2) is 0 Å². The van der Waals surface area contributed by atoms with Crippen LogP contribution in [0.4, 0.5) is 26.1 Å². The van der Waals surface area contributed by atoms with Gasteiger partial charge in [0.2, 0.25) is 0 Å². The first kappa shape index (κ1) is 17.1. The van der Waals surface area contributed by atoms with Crippen LogP contribution in [-0.4, -0.2) is 9.97 Å². The summed E-state index contributed by atoms with van der Waals surface area (Å²) in [4.78, 5) is 8.44. The zero-order valence-corrected chi connectivity index (χ0v) is 14.1. The lowest BCUT2D eigenvalue weighted by Crippen LogP contribution is -2.06. The lowest BCUT2D eigenvalue weighted by Gasteiger charge is -2.11. The molecule has 0 fully saturated rings. The molecule has 0 aliphatic rings. The van der Waals surface area contributed by atoms with Crippen LogP contribution in [0.5, 0.6) is 0 Å². The van der Waals surface area contributed by atoms with Gasteiger partial charge in [0.05, 0.1) is 0 Å². The predicted octanol–water partition coefficient (Wildman–Crippen LogP) is 5.07. The van der Waals surface area contributed by atoms with Crippen LogP contribution in [0.1, 0.15) is 11.4 Å². The molecule has 0 saturated heterocycles. The second kappa shape index (κ2) is 7.44. The molecule has 0 aliphatic heterocycles. The molecule has 2 N–H and O–H groups in total. The van der Waals surface area contributed by atoms with Gasteiger partial charge in [-0.2, -0.15) is 0 Å². The first-order chi connectivity index (χ1) is 12.0. The quantitative estimate of drug-likeness (QED) is 0.666. The molecule has 0 bridgehead atoms. The Balaban J connectivity index is 1.77. The van der Waals surface area contributed by atoms with Gasteiger partial charge in [-0.25, -0.2) is 18.7 Å². The Morgan fingerprint density at radius 3 is 2.28 bits per heavy atom. The van der Waals surface area contributed by atoms with Crippen LogP contribution in [-0.2, 0) is 6.54 Å². The summed E-state index contributed by atoms with van der Waals surface area (Å²) in [5.41, 5.74) is 0.777. The van der Waals surface area contributed by atoms with E-state index in [1.54, 1.807) is 25.1 Å². The third-order valence-electron chi connectivity index (χ3n) is 3.44. The first-order valence-electron chi connectivity index (χ1n) is 7.56. The molecule has 0 radical (unpaired) electrons. The first-order valence-corrected chi connectivity index (χ1v) is 7.94. The van der Waals surface area contributed by atoms with Crippen LogP contribution >= 0.6 is 11.6 Å². The van der Waals surface area contributed by atoms with E-state index in [4.69, 9.17) is 11.6 Å². The van der Waals surface area contributed by atoms with Crippen molar-refractivity contribution in [3.63, 3.8) is 0 Å². The number of aromatic nitrogens is 2. The number of halogens is 3. The molecule has 0 amide bonds. The second-order valence-electron chi connectivity index (χ2n) is 5.39. The molecule has 0 aliphatic carbocycles. The average molecular weight is 361 g/mol. The summed E-state index contributed by atoms with van der Waals surface area (Å²) in [6, 6.07) is 12.7. The Labute approximate surface area is 148 Å². The van der Waals surface area contributed by atoms with E-state index in [2.05, 4.69) is 20.6 Å². The number of hydrogen-bond acceptors (Lipinski definition) is 4. The third-order valence-corrected chi connectivity index (χ3v) is 3.69. The molecule has 1 heterocycles. The molecule has 3 aromatic rings. The molecule has 4 nitrogen and oxygen atoms in total. The SMILES string of the molecule is Cc1nc(NCc2ccc(Cl)cc2)cc(Nc2c(F)cccc2F)n1. The highest BCUT2D eigenvalue weighted by molar-refractivity contribution is 6.30. The van der Waals surface area contributed by atoms with E-state index in [1.807, 2.05) is 12.1 Å². The van der Waals surface area contributed by atoms with Crippen LogP contribution in [0.25, 0.3) is 0 Å². The van der Waals surface area contributed by atoms with E-state index in [-0.39, 0.29) is 5.69 Å². The molecular formula is C18H15ClF2N4. The highest BCUT2D eigenvalue weighted by Crippen LogP contribution is 2.23. The molecule has 3 rings (SSSR count). The summed E-state index contributed by atoms with van der Waals surface area (Å²) >= 11 is 5.86. The van der Waals surface area contributed by atoms with Crippen LogP contribution in [0.2, 0.25) is 5.02 Å². The van der Waals surface area contributed by atoms with Crippen molar-refractivity contribution in [2.24, 2.45) is 0 Å². The standard InChI is InChI=1S/C18H15ClF2N4/c1-11-23-16(22-10-12-5-7-13(19)8-6-12)9-17(24-11)25-18-14(20)3-2-4-15(18)21/h2-9H,10H2,1H3,(H2,22,23,24,25). The zero-order chi connectivity index (χ0) is 17.8. The maximum atomic E-state index is 13.8. The number of rotatable bonds is 5. The monoisotopic (exact) mass is 360 g/mol. The molecule has 2 aromatic carbocycles. The molecule has 25 heavy (non-hydrogen) atoms. The molecule has 0 unspecified atom stereocenters. The van der Waals surface area contributed by atoms with Gasteiger partial charge in [-0.05, 0) is 36.8 Å². The molecule has 0 spiro atoms. The van der Waals surface area contributed by atoms with E-state index in [0.29, 0.717) is 29.0 Å². The van der Waals surface area contributed by atoms with E-state index >= 15 is 0 Å². The normalized spacial score (nSPS) is 10.6. The largest absolute Gasteiger partial charge is 0.366 e. The lowest BCUT2D eigenvalue weighted by molar-refractivity contribution is 0.590. The van der Waals surface area contributed by atoms with E-state index in [1.165, 1.54) is 18.2 Å². The van der Waals surface area contributed by atoms with Crippen LogP contribution < -0.4 is 10.6 Å². The van der Waals surface area contributed by atoms with Gasteiger partial charge in [0, 0.05) is 17.6 Å². The Kier molecular flexibility index (Phi) is 5.09. The smallest absolute Gasteiger partial charge is 0.149 e. The van der Waals surface area contributed by atoms with Crippen LogP contribution in [0, 0.1) is 18.6 Å². The fourth-order valence-electron chi connectivity index (χ4n) is 2.26. The fraction of sp³-hybridized carbons (Fsp3) is 0.111. The van der Waals surface area contributed by atoms with Gasteiger partial charge in [-0.3, -0.25) is 0 Å². The van der Waals surface area contributed by atoms with Crippen molar-refractivity contribution >= 4 is 28.9 Å². The van der Waals surface area contributed by atoms with Gasteiger partial charge < -0.3 is 10.6 Å². The van der Waals surface area contributed by atoms with Crippen molar-refractivity contribution in [2.75, 3.05) is 10.6 Å². The Hall–Kier alpha value is -2.73. The number of aryl methyl sites for hydroxylation is 1. The molecule has 1 aromatic heterocycles. The number of nitrogens with zero attached hydrogens (tertiary/aromatic N) is 2. The average Bonchev–Trinajstić information content (AvgIpc) is 2.57. The summed E-state index contributed by atoms with van der Waals surface area (Å²) < 4.78 is 27.5. The van der Waals surface area contributed by atoms with Crippen molar-refractivity contribution in [1.82, 2.24) is 9.97 Å². The summed E-state index contributed by atoms with van der Waals surface area (Å²) in [7, 11) is 0.